The van der Waals surface area contributed by atoms with Crippen molar-refractivity contribution in [2.24, 2.45) is 0 Å². The molecule has 3 heterocycles. The highest BCUT2D eigenvalue weighted by molar-refractivity contribution is 6.33. The molecule has 5 nitrogen and oxygen atoms in total. The first-order valence-electron chi connectivity index (χ1n) is 7.98. The fourth-order valence-electron chi connectivity index (χ4n) is 3.60. The third kappa shape index (κ3) is 2.81. The lowest BCUT2D eigenvalue weighted by molar-refractivity contribution is 0.377. The Hall–Kier alpha value is -1.07. The molecule has 0 amide bonds. The van der Waals surface area contributed by atoms with Gasteiger partial charge in [-0.15, -0.1) is 0 Å². The van der Waals surface area contributed by atoms with Gasteiger partial charge in [-0.2, -0.15) is 5.10 Å². The van der Waals surface area contributed by atoms with Gasteiger partial charge in [0.25, 0.3) is 5.56 Å². The second-order valence-electron chi connectivity index (χ2n) is 5.92. The number of piperidine rings is 1. The van der Waals surface area contributed by atoms with E-state index in [9.17, 15) is 4.79 Å². The summed E-state index contributed by atoms with van der Waals surface area (Å²) in [5, 5.41) is 8.16. The predicted molar refractivity (Wildman–Crippen MR) is 85.2 cm³/mol. The summed E-state index contributed by atoms with van der Waals surface area (Å²) in [6.45, 7) is 4.50. The van der Waals surface area contributed by atoms with Gasteiger partial charge in [0.15, 0.2) is 0 Å². The quantitative estimate of drug-likeness (QED) is 0.928. The zero-order chi connectivity index (χ0) is 14.8. The molecule has 2 aliphatic rings. The van der Waals surface area contributed by atoms with E-state index in [4.69, 9.17) is 11.6 Å². The summed E-state index contributed by atoms with van der Waals surface area (Å²) in [4.78, 5) is 14.5. The highest BCUT2D eigenvalue weighted by Gasteiger charge is 2.33. The Morgan fingerprint density at radius 2 is 2.24 bits per heavy atom. The molecule has 2 atom stereocenters. The molecular formula is C15H23ClN4O. The smallest absolute Gasteiger partial charge is 0.287 e. The number of hydrogen-bond donors (Lipinski definition) is 1. The molecule has 0 saturated carbocycles. The van der Waals surface area contributed by atoms with Crippen LogP contribution in [0.3, 0.4) is 0 Å². The summed E-state index contributed by atoms with van der Waals surface area (Å²) in [5.41, 5.74) is 0.630. The highest BCUT2D eigenvalue weighted by atomic mass is 35.5. The maximum atomic E-state index is 12.2. The number of nitrogens with one attached hydrogen (secondary N) is 1. The Labute approximate surface area is 130 Å². The van der Waals surface area contributed by atoms with Crippen molar-refractivity contribution in [2.75, 3.05) is 18.0 Å². The van der Waals surface area contributed by atoms with Crippen molar-refractivity contribution in [1.82, 2.24) is 15.1 Å². The SMILES string of the molecule is CCn1ncc(N2CCCCC2C2CCCN2)c(Cl)c1=O. The van der Waals surface area contributed by atoms with Gasteiger partial charge in [0, 0.05) is 25.2 Å². The second kappa shape index (κ2) is 6.36. The molecule has 3 rings (SSSR count). The Bertz CT molecular complexity index is 553. The lowest BCUT2D eigenvalue weighted by Crippen LogP contribution is -2.51. The van der Waals surface area contributed by atoms with E-state index in [1.807, 2.05) is 6.92 Å². The largest absolute Gasteiger partial charge is 0.364 e. The van der Waals surface area contributed by atoms with Gasteiger partial charge in [-0.1, -0.05) is 11.6 Å². The number of anilines is 1. The zero-order valence-electron chi connectivity index (χ0n) is 12.5. The third-order valence-electron chi connectivity index (χ3n) is 4.69. The van der Waals surface area contributed by atoms with Crippen LogP contribution in [0.2, 0.25) is 5.02 Å². The summed E-state index contributed by atoms with van der Waals surface area (Å²) in [5.74, 6) is 0. The van der Waals surface area contributed by atoms with Crippen molar-refractivity contribution in [1.29, 1.82) is 0 Å². The summed E-state index contributed by atoms with van der Waals surface area (Å²) in [6.07, 6.45) is 7.76. The van der Waals surface area contributed by atoms with E-state index in [0.717, 1.165) is 31.6 Å². The number of aryl methyl sites for hydroxylation is 1. The molecule has 1 N–H and O–H groups in total. The summed E-state index contributed by atoms with van der Waals surface area (Å²) in [7, 11) is 0. The molecule has 1 aromatic heterocycles. The number of halogens is 1. The van der Waals surface area contributed by atoms with Gasteiger partial charge in [-0.05, 0) is 45.6 Å². The van der Waals surface area contributed by atoms with E-state index >= 15 is 0 Å². The molecule has 116 valence electrons. The highest BCUT2D eigenvalue weighted by Crippen LogP contribution is 2.31. The lowest BCUT2D eigenvalue weighted by Gasteiger charge is -2.41. The maximum absolute atomic E-state index is 12.2. The van der Waals surface area contributed by atoms with Gasteiger partial charge in [-0.25, -0.2) is 4.68 Å². The van der Waals surface area contributed by atoms with Gasteiger partial charge >= 0.3 is 0 Å². The first kappa shape index (κ1) is 14.9. The number of nitrogens with zero attached hydrogens (tertiary/aromatic N) is 3. The predicted octanol–water partition coefficient (Wildman–Crippen LogP) is 2.03. The van der Waals surface area contributed by atoms with Crippen LogP contribution in [0.25, 0.3) is 0 Å². The van der Waals surface area contributed by atoms with Crippen LogP contribution >= 0.6 is 11.6 Å². The summed E-state index contributed by atoms with van der Waals surface area (Å²) < 4.78 is 1.42. The molecule has 6 heteroatoms. The molecule has 0 bridgehead atoms. The zero-order valence-corrected chi connectivity index (χ0v) is 13.3. The Balaban J connectivity index is 1.93. The Morgan fingerprint density at radius 1 is 1.38 bits per heavy atom. The topological polar surface area (TPSA) is 50.2 Å². The molecule has 0 radical (unpaired) electrons. The van der Waals surface area contributed by atoms with Crippen LogP contribution in [0.1, 0.15) is 39.0 Å². The van der Waals surface area contributed by atoms with Crippen LogP contribution in [-0.4, -0.2) is 35.0 Å². The van der Waals surface area contributed by atoms with Crippen molar-refractivity contribution < 1.29 is 0 Å². The van der Waals surface area contributed by atoms with E-state index in [2.05, 4.69) is 15.3 Å². The van der Waals surface area contributed by atoms with E-state index < -0.39 is 0 Å². The van der Waals surface area contributed by atoms with Crippen LogP contribution in [0.4, 0.5) is 5.69 Å². The van der Waals surface area contributed by atoms with E-state index in [0.29, 0.717) is 23.7 Å². The van der Waals surface area contributed by atoms with Crippen molar-refractivity contribution in [2.45, 2.75) is 57.7 Å². The molecule has 2 aliphatic heterocycles. The molecule has 2 fully saturated rings. The van der Waals surface area contributed by atoms with Gasteiger partial charge in [-0.3, -0.25) is 4.79 Å². The third-order valence-corrected chi connectivity index (χ3v) is 5.04. The first-order chi connectivity index (χ1) is 10.2. The van der Waals surface area contributed by atoms with Crippen molar-refractivity contribution in [3.8, 4) is 0 Å². The Kier molecular flexibility index (Phi) is 4.50. The van der Waals surface area contributed by atoms with E-state index in [-0.39, 0.29) is 5.56 Å². The van der Waals surface area contributed by atoms with Gasteiger partial charge < -0.3 is 10.2 Å². The van der Waals surface area contributed by atoms with Crippen molar-refractivity contribution >= 4 is 17.3 Å². The van der Waals surface area contributed by atoms with Crippen LogP contribution in [0.5, 0.6) is 0 Å². The van der Waals surface area contributed by atoms with E-state index in [1.54, 1.807) is 6.20 Å². The molecule has 0 aromatic carbocycles. The number of rotatable bonds is 3. The van der Waals surface area contributed by atoms with Crippen LogP contribution in [0, 0.1) is 0 Å². The van der Waals surface area contributed by atoms with Crippen molar-refractivity contribution in [3.63, 3.8) is 0 Å². The average molecular weight is 311 g/mol. The molecule has 2 unspecified atom stereocenters. The van der Waals surface area contributed by atoms with Crippen molar-refractivity contribution in [3.05, 3.63) is 21.6 Å². The first-order valence-corrected chi connectivity index (χ1v) is 8.35. The van der Waals surface area contributed by atoms with Gasteiger partial charge in [0.2, 0.25) is 0 Å². The van der Waals surface area contributed by atoms with Crippen LogP contribution in [0.15, 0.2) is 11.0 Å². The fourth-order valence-corrected chi connectivity index (χ4v) is 3.85. The standard InChI is InChI=1S/C15H23ClN4O/c1-2-20-15(21)14(16)13(10-18-20)19-9-4-3-7-12(19)11-6-5-8-17-11/h10-12,17H,2-9H2,1H3. The minimum Gasteiger partial charge on any atom is -0.364 e. The summed E-state index contributed by atoms with van der Waals surface area (Å²) in [6, 6.07) is 0.937. The minimum absolute atomic E-state index is 0.180. The van der Waals surface area contributed by atoms with Crippen LogP contribution in [-0.2, 0) is 6.54 Å². The Morgan fingerprint density at radius 3 is 2.95 bits per heavy atom. The molecule has 21 heavy (non-hydrogen) atoms. The molecule has 0 aliphatic carbocycles. The molecule has 1 aromatic rings. The van der Waals surface area contributed by atoms with Crippen LogP contribution < -0.4 is 15.8 Å². The molecular weight excluding hydrogens is 288 g/mol. The van der Waals surface area contributed by atoms with Gasteiger partial charge in [0.1, 0.15) is 5.02 Å². The second-order valence-corrected chi connectivity index (χ2v) is 6.30. The molecule has 2 saturated heterocycles. The number of aromatic nitrogens is 2. The normalized spacial score (nSPS) is 26.3. The molecule has 0 spiro atoms. The maximum Gasteiger partial charge on any atom is 0.287 e. The minimum atomic E-state index is -0.180. The number of hydrogen-bond acceptors (Lipinski definition) is 4. The summed E-state index contributed by atoms with van der Waals surface area (Å²) >= 11 is 6.35. The monoisotopic (exact) mass is 310 g/mol. The lowest BCUT2D eigenvalue weighted by atomic mass is 9.94. The fraction of sp³-hybridized carbons (Fsp3) is 0.733. The average Bonchev–Trinajstić information content (AvgIpc) is 3.04. The van der Waals surface area contributed by atoms with Gasteiger partial charge in [0.05, 0.1) is 11.9 Å². The van der Waals surface area contributed by atoms with E-state index in [1.165, 1.54) is 23.9 Å².